The maximum Gasteiger partial charge on any atom is 0.230 e. The first-order valence-corrected chi connectivity index (χ1v) is 7.60. The monoisotopic (exact) mass is 255 g/mol. The highest BCUT2D eigenvalue weighted by Gasteiger charge is 2.48. The molecule has 1 spiro atoms. The van der Waals surface area contributed by atoms with Crippen LogP contribution in [0.3, 0.4) is 0 Å². The largest absolute Gasteiger partial charge is 0.296 e. The van der Waals surface area contributed by atoms with Gasteiger partial charge < -0.3 is 0 Å². The maximum atomic E-state index is 12.1. The number of carbonyl (C=O) groups excluding carboxylic acids is 2. The number of hydrogen-bond acceptors (Lipinski definition) is 3. The molecule has 2 aliphatic heterocycles. The highest BCUT2D eigenvalue weighted by atomic mass is 32.2. The van der Waals surface area contributed by atoms with Crippen LogP contribution in [0.2, 0.25) is 0 Å². The SMILES string of the molecule is CC(C)CC1C(=O)NC(=O)CC12CCCSC2. The van der Waals surface area contributed by atoms with Crippen molar-refractivity contribution < 1.29 is 9.59 Å². The van der Waals surface area contributed by atoms with E-state index in [1.807, 2.05) is 11.8 Å². The highest BCUT2D eigenvalue weighted by Crippen LogP contribution is 2.47. The normalized spacial score (nSPS) is 34.2. The second kappa shape index (κ2) is 5.01. The highest BCUT2D eigenvalue weighted by molar-refractivity contribution is 7.99. The van der Waals surface area contributed by atoms with Crippen LogP contribution >= 0.6 is 11.8 Å². The van der Waals surface area contributed by atoms with Crippen molar-refractivity contribution in [3.05, 3.63) is 0 Å². The number of hydrogen-bond donors (Lipinski definition) is 1. The molecule has 0 aromatic heterocycles. The van der Waals surface area contributed by atoms with Gasteiger partial charge in [0.15, 0.2) is 0 Å². The molecule has 1 N–H and O–H groups in total. The minimum absolute atomic E-state index is 0.0301. The van der Waals surface area contributed by atoms with Gasteiger partial charge in [-0.05, 0) is 36.3 Å². The summed E-state index contributed by atoms with van der Waals surface area (Å²) in [5.41, 5.74) is -0.0490. The molecule has 2 saturated heterocycles. The molecule has 2 heterocycles. The van der Waals surface area contributed by atoms with Gasteiger partial charge in [0, 0.05) is 18.1 Å². The van der Waals surface area contributed by atoms with Gasteiger partial charge in [0.05, 0.1) is 0 Å². The molecule has 0 aliphatic carbocycles. The first-order valence-electron chi connectivity index (χ1n) is 6.45. The summed E-state index contributed by atoms with van der Waals surface area (Å²) in [6, 6.07) is 0. The zero-order valence-corrected chi connectivity index (χ0v) is 11.4. The Morgan fingerprint density at radius 2 is 2.24 bits per heavy atom. The van der Waals surface area contributed by atoms with E-state index >= 15 is 0 Å². The van der Waals surface area contributed by atoms with Gasteiger partial charge in [0.1, 0.15) is 0 Å². The molecular weight excluding hydrogens is 234 g/mol. The summed E-state index contributed by atoms with van der Waals surface area (Å²) in [4.78, 5) is 23.7. The molecular formula is C13H21NO2S. The van der Waals surface area contributed by atoms with Crippen molar-refractivity contribution in [1.29, 1.82) is 0 Å². The molecule has 2 rings (SSSR count). The van der Waals surface area contributed by atoms with E-state index in [1.54, 1.807) is 0 Å². The molecule has 2 aliphatic rings. The standard InChI is InChI=1S/C13H21NO2S/c1-9(2)6-10-12(16)14-11(15)7-13(10)4-3-5-17-8-13/h9-10H,3-8H2,1-2H3,(H,14,15,16). The molecule has 3 nitrogen and oxygen atoms in total. The van der Waals surface area contributed by atoms with Crippen molar-refractivity contribution >= 4 is 23.6 Å². The fourth-order valence-electron chi connectivity index (χ4n) is 3.11. The van der Waals surface area contributed by atoms with Gasteiger partial charge >= 0.3 is 0 Å². The Morgan fingerprint density at radius 1 is 1.47 bits per heavy atom. The van der Waals surface area contributed by atoms with Crippen molar-refractivity contribution in [2.75, 3.05) is 11.5 Å². The number of nitrogens with one attached hydrogen (secondary N) is 1. The molecule has 96 valence electrons. The topological polar surface area (TPSA) is 46.2 Å². The summed E-state index contributed by atoms with van der Waals surface area (Å²) in [6.07, 6.45) is 3.62. The van der Waals surface area contributed by atoms with Crippen molar-refractivity contribution in [3.8, 4) is 0 Å². The van der Waals surface area contributed by atoms with Crippen LogP contribution in [0.25, 0.3) is 0 Å². The van der Waals surface area contributed by atoms with E-state index < -0.39 is 0 Å². The van der Waals surface area contributed by atoms with Gasteiger partial charge in [-0.1, -0.05) is 13.8 Å². The summed E-state index contributed by atoms with van der Waals surface area (Å²) >= 11 is 1.90. The lowest BCUT2D eigenvalue weighted by Crippen LogP contribution is -2.54. The van der Waals surface area contributed by atoms with Crippen LogP contribution in [0.5, 0.6) is 0 Å². The molecule has 0 aromatic rings. The molecule has 2 unspecified atom stereocenters. The quantitative estimate of drug-likeness (QED) is 0.770. The predicted molar refractivity (Wildman–Crippen MR) is 69.7 cm³/mol. The summed E-state index contributed by atoms with van der Waals surface area (Å²) in [5.74, 6) is 2.58. The van der Waals surface area contributed by atoms with Gasteiger partial charge in [-0.15, -0.1) is 0 Å². The fraction of sp³-hybridized carbons (Fsp3) is 0.846. The van der Waals surface area contributed by atoms with E-state index in [0.717, 1.165) is 25.0 Å². The zero-order valence-electron chi connectivity index (χ0n) is 10.6. The second-order valence-corrected chi connectivity index (χ2v) is 6.90. The molecule has 4 heteroatoms. The van der Waals surface area contributed by atoms with Crippen LogP contribution < -0.4 is 5.32 Å². The van der Waals surface area contributed by atoms with Crippen molar-refractivity contribution in [1.82, 2.24) is 5.32 Å². The molecule has 17 heavy (non-hydrogen) atoms. The first kappa shape index (κ1) is 12.9. The van der Waals surface area contributed by atoms with Crippen LogP contribution in [0, 0.1) is 17.3 Å². The smallest absolute Gasteiger partial charge is 0.230 e. The molecule has 2 atom stereocenters. The summed E-state index contributed by atoms with van der Waals surface area (Å²) in [5, 5.41) is 2.52. The molecule has 0 radical (unpaired) electrons. The number of amides is 2. The number of thioether (sulfide) groups is 1. The lowest BCUT2D eigenvalue weighted by Gasteiger charge is -2.45. The Labute approximate surface area is 107 Å². The number of imide groups is 1. The lowest BCUT2D eigenvalue weighted by atomic mass is 9.66. The van der Waals surface area contributed by atoms with Crippen LogP contribution in [0.15, 0.2) is 0 Å². The van der Waals surface area contributed by atoms with Crippen LogP contribution in [0.1, 0.15) is 39.5 Å². The zero-order chi connectivity index (χ0) is 12.5. The number of carbonyl (C=O) groups is 2. The van der Waals surface area contributed by atoms with E-state index in [4.69, 9.17) is 0 Å². The van der Waals surface area contributed by atoms with Crippen molar-refractivity contribution in [2.24, 2.45) is 17.3 Å². The van der Waals surface area contributed by atoms with Gasteiger partial charge in [0.2, 0.25) is 11.8 Å². The third kappa shape index (κ3) is 2.67. The van der Waals surface area contributed by atoms with Gasteiger partial charge in [-0.2, -0.15) is 11.8 Å². The molecule has 0 saturated carbocycles. The number of rotatable bonds is 2. The lowest BCUT2D eigenvalue weighted by molar-refractivity contribution is -0.144. The van der Waals surface area contributed by atoms with Gasteiger partial charge in [-0.3, -0.25) is 14.9 Å². The minimum atomic E-state index is -0.0718. The Morgan fingerprint density at radius 3 is 2.82 bits per heavy atom. The van der Waals surface area contributed by atoms with E-state index in [2.05, 4.69) is 19.2 Å². The Hall–Kier alpha value is -0.510. The van der Waals surface area contributed by atoms with Crippen LogP contribution in [-0.4, -0.2) is 23.3 Å². The maximum absolute atomic E-state index is 12.1. The Balaban J connectivity index is 2.22. The van der Waals surface area contributed by atoms with E-state index in [0.29, 0.717) is 12.3 Å². The fourth-order valence-corrected chi connectivity index (χ4v) is 4.45. The van der Waals surface area contributed by atoms with Crippen LogP contribution in [0.4, 0.5) is 0 Å². The number of piperidine rings is 1. The Kier molecular flexibility index (Phi) is 3.81. The summed E-state index contributed by atoms with van der Waals surface area (Å²) in [6.45, 7) is 4.29. The van der Waals surface area contributed by atoms with Crippen molar-refractivity contribution in [3.63, 3.8) is 0 Å². The minimum Gasteiger partial charge on any atom is -0.296 e. The second-order valence-electron chi connectivity index (χ2n) is 5.79. The third-order valence-corrected chi connectivity index (χ3v) is 5.25. The third-order valence-electron chi connectivity index (χ3n) is 3.89. The molecule has 0 bridgehead atoms. The molecule has 0 aromatic carbocycles. The van der Waals surface area contributed by atoms with Crippen molar-refractivity contribution in [2.45, 2.75) is 39.5 Å². The van der Waals surface area contributed by atoms with Crippen LogP contribution in [-0.2, 0) is 9.59 Å². The van der Waals surface area contributed by atoms with E-state index in [9.17, 15) is 9.59 Å². The van der Waals surface area contributed by atoms with E-state index in [1.165, 1.54) is 5.75 Å². The van der Waals surface area contributed by atoms with Gasteiger partial charge in [0.25, 0.3) is 0 Å². The molecule has 2 amide bonds. The predicted octanol–water partition coefficient (Wildman–Crippen LogP) is 2.21. The summed E-state index contributed by atoms with van der Waals surface area (Å²) < 4.78 is 0. The Bertz CT molecular complexity index is 321. The average Bonchev–Trinajstić information content (AvgIpc) is 2.24. The van der Waals surface area contributed by atoms with E-state index in [-0.39, 0.29) is 23.1 Å². The average molecular weight is 255 g/mol. The van der Waals surface area contributed by atoms with Gasteiger partial charge in [-0.25, -0.2) is 0 Å². The molecule has 2 fully saturated rings. The summed E-state index contributed by atoms with van der Waals surface area (Å²) in [7, 11) is 0. The first-order chi connectivity index (χ1) is 8.03.